The quantitative estimate of drug-likeness (QED) is 0.697. The number of hydrogen-bond donors (Lipinski definition) is 1. The van der Waals surface area contributed by atoms with Crippen LogP contribution in [0.25, 0.3) is 6.08 Å². The molecule has 0 radical (unpaired) electrons. The Morgan fingerprint density at radius 2 is 2.10 bits per heavy atom. The second-order valence-corrected chi connectivity index (χ2v) is 4.70. The number of carbonyl (C=O) groups is 1. The fourth-order valence-corrected chi connectivity index (χ4v) is 1.78. The van der Waals surface area contributed by atoms with Gasteiger partial charge in [0.2, 0.25) is 0 Å². The van der Waals surface area contributed by atoms with Crippen LogP contribution in [0.3, 0.4) is 0 Å². The maximum absolute atomic E-state index is 12.0. The molecular weight excluding hydrogens is 286 g/mol. The third-order valence-electron chi connectivity index (χ3n) is 2.72. The molecule has 2 aromatic rings. The molecule has 0 saturated heterocycles. The van der Waals surface area contributed by atoms with Crippen molar-refractivity contribution < 1.29 is 4.79 Å². The van der Waals surface area contributed by atoms with Crippen LogP contribution in [0.4, 0.5) is 0 Å². The van der Waals surface area contributed by atoms with Gasteiger partial charge in [-0.15, -0.1) is 0 Å². The SMILES string of the molecule is N#C/C(=C\c1ccc(Cl)cc1)C(=O)NCc1cccnc1. The monoisotopic (exact) mass is 297 g/mol. The summed E-state index contributed by atoms with van der Waals surface area (Å²) in [7, 11) is 0. The van der Waals surface area contributed by atoms with Crippen molar-refractivity contribution in [3.05, 3.63) is 70.5 Å². The molecule has 1 aromatic heterocycles. The van der Waals surface area contributed by atoms with E-state index in [4.69, 9.17) is 16.9 Å². The van der Waals surface area contributed by atoms with Gasteiger partial charge in [-0.05, 0) is 35.4 Å². The molecular formula is C16H12ClN3O. The van der Waals surface area contributed by atoms with Crippen molar-refractivity contribution in [3.63, 3.8) is 0 Å². The molecule has 0 aliphatic rings. The number of amides is 1. The lowest BCUT2D eigenvalue weighted by Crippen LogP contribution is -2.23. The van der Waals surface area contributed by atoms with Crippen molar-refractivity contribution in [1.29, 1.82) is 5.26 Å². The normalized spacial score (nSPS) is 10.8. The van der Waals surface area contributed by atoms with E-state index in [0.717, 1.165) is 11.1 Å². The lowest BCUT2D eigenvalue weighted by Gasteiger charge is -2.04. The topological polar surface area (TPSA) is 65.8 Å². The average Bonchev–Trinajstić information content (AvgIpc) is 2.53. The Kier molecular flexibility index (Phi) is 5.08. The van der Waals surface area contributed by atoms with Crippen LogP contribution >= 0.6 is 11.6 Å². The van der Waals surface area contributed by atoms with Crippen molar-refractivity contribution in [2.45, 2.75) is 6.54 Å². The van der Waals surface area contributed by atoms with E-state index in [9.17, 15) is 4.79 Å². The molecule has 5 heteroatoms. The Morgan fingerprint density at radius 3 is 2.71 bits per heavy atom. The number of halogens is 1. The van der Waals surface area contributed by atoms with Crippen LogP contribution in [0.15, 0.2) is 54.4 Å². The number of benzene rings is 1. The number of nitrogens with one attached hydrogen (secondary N) is 1. The zero-order valence-corrected chi connectivity index (χ0v) is 11.8. The minimum atomic E-state index is -0.420. The fourth-order valence-electron chi connectivity index (χ4n) is 1.65. The molecule has 4 nitrogen and oxygen atoms in total. The van der Waals surface area contributed by atoms with Crippen LogP contribution in [0.1, 0.15) is 11.1 Å². The van der Waals surface area contributed by atoms with Crippen molar-refractivity contribution in [1.82, 2.24) is 10.3 Å². The van der Waals surface area contributed by atoms with E-state index in [1.807, 2.05) is 12.1 Å². The molecule has 0 unspecified atom stereocenters. The second kappa shape index (κ2) is 7.22. The van der Waals surface area contributed by atoms with E-state index < -0.39 is 5.91 Å². The Bertz CT molecular complexity index is 688. The Morgan fingerprint density at radius 1 is 1.33 bits per heavy atom. The number of hydrogen-bond acceptors (Lipinski definition) is 3. The Labute approximate surface area is 127 Å². The maximum Gasteiger partial charge on any atom is 0.262 e. The molecule has 0 atom stereocenters. The molecule has 0 bridgehead atoms. The molecule has 0 fully saturated rings. The van der Waals surface area contributed by atoms with Gasteiger partial charge >= 0.3 is 0 Å². The van der Waals surface area contributed by atoms with Crippen LogP contribution in [0.2, 0.25) is 5.02 Å². The standard InChI is InChI=1S/C16H12ClN3O/c17-15-5-3-12(4-6-15)8-14(9-18)16(21)20-11-13-2-1-7-19-10-13/h1-8,10H,11H2,(H,20,21)/b14-8+. The van der Waals surface area contributed by atoms with Crippen molar-refractivity contribution in [2.75, 3.05) is 0 Å². The summed E-state index contributed by atoms with van der Waals surface area (Å²) in [5.41, 5.74) is 1.66. The van der Waals surface area contributed by atoms with Crippen LogP contribution in [0.5, 0.6) is 0 Å². The predicted molar refractivity (Wildman–Crippen MR) is 81.1 cm³/mol. The largest absolute Gasteiger partial charge is 0.347 e. The molecule has 0 spiro atoms. The van der Waals surface area contributed by atoms with E-state index in [1.54, 1.807) is 42.7 Å². The molecule has 0 saturated carbocycles. The molecule has 21 heavy (non-hydrogen) atoms. The van der Waals surface area contributed by atoms with Crippen molar-refractivity contribution >= 4 is 23.6 Å². The number of rotatable bonds is 4. The van der Waals surface area contributed by atoms with Gasteiger partial charge in [-0.25, -0.2) is 0 Å². The molecule has 0 aliphatic carbocycles. The second-order valence-electron chi connectivity index (χ2n) is 4.27. The van der Waals surface area contributed by atoms with E-state index in [2.05, 4.69) is 10.3 Å². The van der Waals surface area contributed by atoms with Crippen LogP contribution in [-0.2, 0) is 11.3 Å². The molecule has 1 amide bonds. The van der Waals surface area contributed by atoms with Gasteiger partial charge in [-0.2, -0.15) is 5.26 Å². The summed E-state index contributed by atoms with van der Waals surface area (Å²) in [6.45, 7) is 0.326. The molecule has 1 heterocycles. The van der Waals surface area contributed by atoms with E-state index in [-0.39, 0.29) is 5.57 Å². The molecule has 104 valence electrons. The lowest BCUT2D eigenvalue weighted by molar-refractivity contribution is -0.117. The zero-order chi connectivity index (χ0) is 15.1. The minimum absolute atomic E-state index is 0.0428. The van der Waals surface area contributed by atoms with Crippen molar-refractivity contribution in [2.24, 2.45) is 0 Å². The number of carbonyl (C=O) groups excluding carboxylic acids is 1. The summed E-state index contributed by atoms with van der Waals surface area (Å²) in [4.78, 5) is 15.9. The number of nitriles is 1. The summed E-state index contributed by atoms with van der Waals surface area (Å²) < 4.78 is 0. The lowest BCUT2D eigenvalue weighted by atomic mass is 10.1. The van der Waals surface area contributed by atoms with Gasteiger partial charge in [0.1, 0.15) is 11.6 Å². The highest BCUT2D eigenvalue weighted by atomic mass is 35.5. The third kappa shape index (κ3) is 4.44. The van der Waals surface area contributed by atoms with Gasteiger partial charge in [-0.3, -0.25) is 9.78 Å². The molecule has 1 N–H and O–H groups in total. The number of nitrogens with zero attached hydrogens (tertiary/aromatic N) is 2. The van der Waals surface area contributed by atoms with Crippen molar-refractivity contribution in [3.8, 4) is 6.07 Å². The first-order valence-electron chi connectivity index (χ1n) is 6.23. The molecule has 2 rings (SSSR count). The van der Waals surface area contributed by atoms with E-state index in [0.29, 0.717) is 11.6 Å². The van der Waals surface area contributed by atoms with Gasteiger partial charge in [0.25, 0.3) is 5.91 Å². The summed E-state index contributed by atoms with van der Waals surface area (Å²) in [5, 5.41) is 12.4. The summed E-state index contributed by atoms with van der Waals surface area (Å²) in [5.74, 6) is -0.420. The predicted octanol–water partition coefficient (Wildman–Crippen LogP) is 2.96. The maximum atomic E-state index is 12.0. The number of aromatic nitrogens is 1. The van der Waals surface area contributed by atoms with Gasteiger partial charge in [0.15, 0.2) is 0 Å². The Hall–Kier alpha value is -2.64. The van der Waals surface area contributed by atoms with Gasteiger partial charge < -0.3 is 5.32 Å². The summed E-state index contributed by atoms with van der Waals surface area (Å²) in [6.07, 6.45) is 4.84. The van der Waals surface area contributed by atoms with Crippen LogP contribution in [0, 0.1) is 11.3 Å². The molecule has 1 aromatic carbocycles. The first-order valence-corrected chi connectivity index (χ1v) is 6.61. The first kappa shape index (κ1) is 14.8. The molecule has 0 aliphatic heterocycles. The highest BCUT2D eigenvalue weighted by Crippen LogP contribution is 2.12. The smallest absolute Gasteiger partial charge is 0.262 e. The fraction of sp³-hybridized carbons (Fsp3) is 0.0625. The minimum Gasteiger partial charge on any atom is -0.347 e. The zero-order valence-electron chi connectivity index (χ0n) is 11.1. The Balaban J connectivity index is 2.05. The highest BCUT2D eigenvalue weighted by Gasteiger charge is 2.08. The third-order valence-corrected chi connectivity index (χ3v) is 2.97. The van der Waals surface area contributed by atoms with E-state index in [1.165, 1.54) is 6.08 Å². The first-order chi connectivity index (χ1) is 10.2. The van der Waals surface area contributed by atoms with E-state index >= 15 is 0 Å². The summed E-state index contributed by atoms with van der Waals surface area (Å²) >= 11 is 5.79. The highest BCUT2D eigenvalue weighted by molar-refractivity contribution is 6.30. The van der Waals surface area contributed by atoms with Crippen LogP contribution < -0.4 is 5.32 Å². The van der Waals surface area contributed by atoms with Gasteiger partial charge in [-0.1, -0.05) is 29.8 Å². The van der Waals surface area contributed by atoms with Crippen LogP contribution in [-0.4, -0.2) is 10.9 Å². The van der Waals surface area contributed by atoms with Gasteiger partial charge in [0.05, 0.1) is 0 Å². The average molecular weight is 298 g/mol. The number of pyridine rings is 1. The van der Waals surface area contributed by atoms with Gasteiger partial charge in [0, 0.05) is 24.0 Å². The summed E-state index contributed by atoms with van der Waals surface area (Å²) in [6, 6.07) is 12.4.